The van der Waals surface area contributed by atoms with Crippen molar-refractivity contribution in [2.45, 2.75) is 62.0 Å². The summed E-state index contributed by atoms with van der Waals surface area (Å²) in [6.07, 6.45) is 5.69. The van der Waals surface area contributed by atoms with Crippen LogP contribution in [-0.4, -0.2) is 30.7 Å². The van der Waals surface area contributed by atoms with Gasteiger partial charge in [-0.2, -0.15) is 4.31 Å². The number of carbonyl (C=O) groups is 1. The summed E-state index contributed by atoms with van der Waals surface area (Å²) in [6.45, 7) is 0.184. The third-order valence-corrected chi connectivity index (χ3v) is 8.00. The van der Waals surface area contributed by atoms with Gasteiger partial charge in [-0.3, -0.25) is 4.79 Å². The lowest BCUT2D eigenvalue weighted by Crippen LogP contribution is -2.54. The van der Waals surface area contributed by atoms with E-state index in [1.165, 1.54) is 22.9 Å². The summed E-state index contributed by atoms with van der Waals surface area (Å²) < 4.78 is 28.2. The van der Waals surface area contributed by atoms with Crippen LogP contribution in [0.25, 0.3) is 0 Å². The number of hydrogen-bond donors (Lipinski definition) is 1. The molecule has 0 bridgehead atoms. The molecule has 5 nitrogen and oxygen atoms in total. The van der Waals surface area contributed by atoms with E-state index in [0.717, 1.165) is 36.8 Å². The van der Waals surface area contributed by atoms with E-state index in [9.17, 15) is 13.2 Å². The maximum absolute atomic E-state index is 13.4. The van der Waals surface area contributed by atoms with Gasteiger partial charge in [-0.25, -0.2) is 8.42 Å². The van der Waals surface area contributed by atoms with Crippen LogP contribution in [0.3, 0.4) is 0 Å². The third-order valence-electron chi connectivity index (χ3n) is 5.88. The minimum atomic E-state index is -3.84. The number of halogens is 1. The molecule has 0 unspecified atom stereocenters. The van der Waals surface area contributed by atoms with Crippen molar-refractivity contribution in [3.8, 4) is 0 Å². The Hall–Kier alpha value is -1.89. The van der Waals surface area contributed by atoms with Crippen LogP contribution in [0.15, 0.2) is 53.4 Å². The quantitative estimate of drug-likeness (QED) is 0.796. The maximum Gasteiger partial charge on any atom is 0.244 e. The van der Waals surface area contributed by atoms with E-state index < -0.39 is 16.1 Å². The van der Waals surface area contributed by atoms with Crippen molar-refractivity contribution in [1.82, 2.24) is 9.62 Å². The highest BCUT2D eigenvalue weighted by Gasteiger charge is 2.40. The van der Waals surface area contributed by atoms with E-state index in [0.29, 0.717) is 11.4 Å². The Kier molecular flexibility index (Phi) is 5.95. The standard InChI is InChI=1S/C22H25ClN2O3S/c23-18-10-12-20(13-11-18)29(27,28)25-15-17-7-5-4-6-16(17)14-21(25)22(26)24-19-8-2-1-3-9-19/h4-7,10-13,19,21H,1-3,8-9,14-15H2,(H,24,26)/t21-/m1/s1. The highest BCUT2D eigenvalue weighted by atomic mass is 35.5. The zero-order valence-corrected chi connectivity index (χ0v) is 17.8. The first kappa shape index (κ1) is 20.4. The third kappa shape index (κ3) is 4.34. The Morgan fingerprint density at radius 3 is 2.31 bits per heavy atom. The van der Waals surface area contributed by atoms with Gasteiger partial charge >= 0.3 is 0 Å². The van der Waals surface area contributed by atoms with Crippen LogP contribution >= 0.6 is 11.6 Å². The Balaban J connectivity index is 1.66. The van der Waals surface area contributed by atoms with E-state index in [2.05, 4.69) is 5.32 Å². The molecule has 2 aliphatic rings. The molecule has 1 aliphatic heterocycles. The SMILES string of the molecule is O=C(NC1CCCCC1)[C@H]1Cc2ccccc2CN1S(=O)(=O)c1ccc(Cl)cc1. The fraction of sp³-hybridized carbons (Fsp3) is 0.409. The molecule has 2 aromatic rings. The summed E-state index contributed by atoms with van der Waals surface area (Å²) in [6, 6.07) is 13.2. The number of benzene rings is 2. The minimum absolute atomic E-state index is 0.133. The minimum Gasteiger partial charge on any atom is -0.352 e. The lowest BCUT2D eigenvalue weighted by molar-refractivity contribution is -0.126. The molecule has 1 fully saturated rings. The van der Waals surface area contributed by atoms with Crippen molar-refractivity contribution in [2.75, 3.05) is 0 Å². The highest BCUT2D eigenvalue weighted by Crippen LogP contribution is 2.30. The van der Waals surface area contributed by atoms with Gasteiger partial charge in [0.1, 0.15) is 6.04 Å². The Morgan fingerprint density at radius 1 is 0.966 bits per heavy atom. The molecule has 0 saturated heterocycles. The van der Waals surface area contributed by atoms with Crippen molar-refractivity contribution in [2.24, 2.45) is 0 Å². The van der Waals surface area contributed by atoms with Gasteiger partial charge in [0, 0.05) is 17.6 Å². The lowest BCUT2D eigenvalue weighted by Gasteiger charge is -2.36. The van der Waals surface area contributed by atoms with Crippen LogP contribution in [0.5, 0.6) is 0 Å². The molecule has 1 N–H and O–H groups in total. The van der Waals surface area contributed by atoms with E-state index in [4.69, 9.17) is 11.6 Å². The van der Waals surface area contributed by atoms with Crippen molar-refractivity contribution in [3.63, 3.8) is 0 Å². The summed E-state index contributed by atoms with van der Waals surface area (Å²) >= 11 is 5.93. The van der Waals surface area contributed by atoms with Gasteiger partial charge in [-0.15, -0.1) is 0 Å². The molecule has 29 heavy (non-hydrogen) atoms. The molecular weight excluding hydrogens is 408 g/mol. The molecule has 1 saturated carbocycles. The lowest BCUT2D eigenvalue weighted by atomic mass is 9.93. The number of sulfonamides is 1. The van der Waals surface area contributed by atoms with Gasteiger partial charge < -0.3 is 5.32 Å². The first-order valence-corrected chi connectivity index (χ1v) is 11.9. The van der Waals surface area contributed by atoms with Gasteiger partial charge in [0.15, 0.2) is 0 Å². The maximum atomic E-state index is 13.4. The fourth-order valence-corrected chi connectivity index (χ4v) is 5.95. The van der Waals surface area contributed by atoms with Gasteiger partial charge in [-0.1, -0.05) is 55.1 Å². The van der Waals surface area contributed by atoms with Gasteiger partial charge in [0.05, 0.1) is 4.90 Å². The first-order valence-electron chi connectivity index (χ1n) is 10.1. The number of fused-ring (bicyclic) bond motifs is 1. The summed E-state index contributed by atoms with van der Waals surface area (Å²) in [4.78, 5) is 13.3. The molecule has 1 aliphatic carbocycles. The molecule has 1 heterocycles. The van der Waals surface area contributed by atoms with E-state index in [1.54, 1.807) is 12.1 Å². The fourth-order valence-electron chi connectivity index (χ4n) is 4.26. The smallest absolute Gasteiger partial charge is 0.244 e. The van der Waals surface area contributed by atoms with Crippen molar-refractivity contribution < 1.29 is 13.2 Å². The Labute approximate surface area is 177 Å². The number of nitrogens with one attached hydrogen (secondary N) is 1. The molecule has 1 atom stereocenters. The van der Waals surface area contributed by atoms with Crippen LogP contribution in [0.4, 0.5) is 0 Å². The van der Waals surface area contributed by atoms with Gasteiger partial charge in [0.2, 0.25) is 15.9 Å². The normalized spacial score (nSPS) is 20.8. The number of carbonyl (C=O) groups excluding carboxylic acids is 1. The second-order valence-electron chi connectivity index (χ2n) is 7.84. The molecule has 1 amide bonds. The second-order valence-corrected chi connectivity index (χ2v) is 10.2. The van der Waals surface area contributed by atoms with E-state index in [1.807, 2.05) is 24.3 Å². The Bertz CT molecular complexity index is 985. The summed E-state index contributed by atoms with van der Waals surface area (Å²) in [5.74, 6) is -0.205. The topological polar surface area (TPSA) is 66.5 Å². The van der Waals surface area contributed by atoms with E-state index in [-0.39, 0.29) is 23.4 Å². The Morgan fingerprint density at radius 2 is 1.62 bits per heavy atom. The van der Waals surface area contributed by atoms with Crippen LogP contribution < -0.4 is 5.32 Å². The summed E-state index contributed by atoms with van der Waals surface area (Å²) in [5, 5.41) is 3.59. The molecule has 0 spiro atoms. The van der Waals surface area contributed by atoms with E-state index >= 15 is 0 Å². The van der Waals surface area contributed by atoms with Crippen LogP contribution in [0.2, 0.25) is 5.02 Å². The zero-order chi connectivity index (χ0) is 20.4. The molecule has 7 heteroatoms. The molecule has 154 valence electrons. The van der Waals surface area contributed by atoms with Crippen molar-refractivity contribution in [3.05, 3.63) is 64.7 Å². The largest absolute Gasteiger partial charge is 0.352 e. The molecular formula is C22H25ClN2O3S. The molecule has 4 rings (SSSR count). The predicted octanol–water partition coefficient (Wildman–Crippen LogP) is 3.90. The monoisotopic (exact) mass is 432 g/mol. The van der Waals surface area contributed by atoms with Gasteiger partial charge in [0.25, 0.3) is 0 Å². The second kappa shape index (κ2) is 8.46. The number of amides is 1. The average Bonchev–Trinajstić information content (AvgIpc) is 2.74. The average molecular weight is 433 g/mol. The molecule has 2 aromatic carbocycles. The summed E-state index contributed by atoms with van der Waals surface area (Å²) in [5.41, 5.74) is 1.96. The van der Waals surface area contributed by atoms with Crippen LogP contribution in [0.1, 0.15) is 43.2 Å². The van der Waals surface area contributed by atoms with Crippen LogP contribution in [-0.2, 0) is 27.8 Å². The summed E-state index contributed by atoms with van der Waals surface area (Å²) in [7, 11) is -3.84. The predicted molar refractivity (Wildman–Crippen MR) is 113 cm³/mol. The van der Waals surface area contributed by atoms with Gasteiger partial charge in [-0.05, 0) is 54.7 Å². The number of hydrogen-bond acceptors (Lipinski definition) is 3. The van der Waals surface area contributed by atoms with Crippen molar-refractivity contribution >= 4 is 27.5 Å². The van der Waals surface area contributed by atoms with Crippen LogP contribution in [0, 0.1) is 0 Å². The highest BCUT2D eigenvalue weighted by molar-refractivity contribution is 7.89. The first-order chi connectivity index (χ1) is 13.9. The number of rotatable bonds is 4. The number of nitrogens with zero attached hydrogens (tertiary/aromatic N) is 1. The molecule has 0 radical (unpaired) electrons. The molecule has 0 aromatic heterocycles. The zero-order valence-electron chi connectivity index (χ0n) is 16.2. The van der Waals surface area contributed by atoms with Crippen molar-refractivity contribution in [1.29, 1.82) is 0 Å².